The Balaban J connectivity index is 1.82. The molecule has 146 valence electrons. The molecule has 2 aromatic carbocycles. The number of ether oxygens (including phenoxy) is 2. The predicted molar refractivity (Wildman–Crippen MR) is 107 cm³/mol. The number of nitrogens with one attached hydrogen (secondary N) is 1. The zero-order valence-electron chi connectivity index (χ0n) is 15.9. The van der Waals surface area contributed by atoms with Gasteiger partial charge in [0.2, 0.25) is 0 Å². The monoisotopic (exact) mass is 381 g/mol. The third-order valence-corrected chi connectivity index (χ3v) is 3.76. The number of carbonyl (C=O) groups is 3. The number of anilines is 1. The van der Waals surface area contributed by atoms with Crippen molar-refractivity contribution < 1.29 is 23.9 Å². The maximum Gasteiger partial charge on any atom is 0.330 e. The molecule has 1 amide bonds. The smallest absolute Gasteiger partial charge is 0.330 e. The number of ketones is 1. The van der Waals surface area contributed by atoms with Crippen LogP contribution in [0.2, 0.25) is 0 Å². The second-order valence-corrected chi connectivity index (χ2v) is 5.85. The number of Topliss-reactive ketones (excluding diaryl/α,β-unsaturated/α-hetero) is 1. The van der Waals surface area contributed by atoms with Gasteiger partial charge in [0.15, 0.2) is 12.4 Å². The van der Waals surface area contributed by atoms with E-state index in [1.165, 1.54) is 6.08 Å². The zero-order valence-corrected chi connectivity index (χ0v) is 15.9. The lowest BCUT2D eigenvalue weighted by molar-refractivity contribution is -0.137. The molecule has 0 fully saturated rings. The third kappa shape index (κ3) is 6.72. The highest BCUT2D eigenvalue weighted by Gasteiger charge is 2.06. The lowest BCUT2D eigenvalue weighted by atomic mass is 10.1. The van der Waals surface area contributed by atoms with Gasteiger partial charge in [0, 0.05) is 23.7 Å². The number of amides is 1. The Morgan fingerprint density at radius 2 is 1.64 bits per heavy atom. The molecule has 0 spiro atoms. The first kappa shape index (κ1) is 20.9. The first-order valence-electron chi connectivity index (χ1n) is 9.02. The van der Waals surface area contributed by atoms with E-state index in [2.05, 4.69) is 5.32 Å². The highest BCUT2D eigenvalue weighted by atomic mass is 16.5. The number of carbonyl (C=O) groups excluding carboxylic acids is 3. The van der Waals surface area contributed by atoms with Gasteiger partial charge in [-0.25, -0.2) is 4.79 Å². The SMILES string of the molecule is CCOC(=O)/C=C/c1ccc(NC(=O)COc2ccc(C(=O)CC)cc2)cc1. The summed E-state index contributed by atoms with van der Waals surface area (Å²) in [5.41, 5.74) is 2.05. The second kappa shape index (κ2) is 10.7. The van der Waals surface area contributed by atoms with Crippen molar-refractivity contribution in [3.63, 3.8) is 0 Å². The Bertz CT molecular complexity index is 838. The van der Waals surface area contributed by atoms with Gasteiger partial charge in [-0.3, -0.25) is 9.59 Å². The molecule has 1 N–H and O–H groups in total. The number of hydrogen-bond donors (Lipinski definition) is 1. The van der Waals surface area contributed by atoms with E-state index in [-0.39, 0.29) is 18.3 Å². The molecule has 6 heteroatoms. The van der Waals surface area contributed by atoms with Crippen LogP contribution in [0.4, 0.5) is 5.69 Å². The van der Waals surface area contributed by atoms with E-state index >= 15 is 0 Å². The largest absolute Gasteiger partial charge is 0.484 e. The molecule has 0 saturated heterocycles. The minimum Gasteiger partial charge on any atom is -0.484 e. The van der Waals surface area contributed by atoms with E-state index in [1.54, 1.807) is 68.5 Å². The number of esters is 1. The molecule has 0 aliphatic rings. The number of rotatable bonds is 9. The highest BCUT2D eigenvalue weighted by molar-refractivity contribution is 5.96. The molecule has 0 radical (unpaired) electrons. The van der Waals surface area contributed by atoms with Crippen LogP contribution in [0.5, 0.6) is 5.75 Å². The standard InChI is InChI=1S/C22H23NO5/c1-3-20(24)17-8-12-19(13-9-17)28-15-21(25)23-18-10-5-16(6-11-18)7-14-22(26)27-4-2/h5-14H,3-4,15H2,1-2H3,(H,23,25)/b14-7+. The van der Waals surface area contributed by atoms with E-state index in [1.807, 2.05) is 0 Å². The van der Waals surface area contributed by atoms with E-state index < -0.39 is 5.97 Å². The molecule has 0 unspecified atom stereocenters. The van der Waals surface area contributed by atoms with Crippen LogP contribution in [0.3, 0.4) is 0 Å². The van der Waals surface area contributed by atoms with E-state index in [0.29, 0.717) is 30.0 Å². The minimum atomic E-state index is -0.399. The summed E-state index contributed by atoms with van der Waals surface area (Å²) in [5, 5.41) is 2.73. The van der Waals surface area contributed by atoms with Crippen LogP contribution in [0.1, 0.15) is 36.2 Å². The summed E-state index contributed by atoms with van der Waals surface area (Å²) in [4.78, 5) is 34.9. The first-order valence-corrected chi connectivity index (χ1v) is 9.02. The van der Waals surface area contributed by atoms with Crippen LogP contribution in [0.25, 0.3) is 6.08 Å². The molecule has 0 aliphatic carbocycles. The summed E-state index contributed by atoms with van der Waals surface area (Å²) >= 11 is 0. The first-order chi connectivity index (χ1) is 13.5. The van der Waals surface area contributed by atoms with Gasteiger partial charge in [0.25, 0.3) is 5.91 Å². The maximum atomic E-state index is 12.0. The van der Waals surface area contributed by atoms with Gasteiger partial charge in [0.05, 0.1) is 6.61 Å². The van der Waals surface area contributed by atoms with Crippen molar-refractivity contribution in [3.05, 3.63) is 65.7 Å². The Morgan fingerprint density at radius 1 is 0.964 bits per heavy atom. The van der Waals surface area contributed by atoms with Crippen molar-refractivity contribution in [2.45, 2.75) is 20.3 Å². The zero-order chi connectivity index (χ0) is 20.4. The van der Waals surface area contributed by atoms with Crippen molar-refractivity contribution in [2.24, 2.45) is 0 Å². The van der Waals surface area contributed by atoms with Gasteiger partial charge < -0.3 is 14.8 Å². The lowest BCUT2D eigenvalue weighted by Crippen LogP contribution is -2.20. The van der Waals surface area contributed by atoms with Crippen LogP contribution in [-0.4, -0.2) is 30.9 Å². The van der Waals surface area contributed by atoms with Gasteiger partial charge in [-0.15, -0.1) is 0 Å². The fraction of sp³-hybridized carbons (Fsp3) is 0.227. The molecule has 0 atom stereocenters. The molecule has 0 bridgehead atoms. The van der Waals surface area contributed by atoms with Crippen molar-refractivity contribution in [1.29, 1.82) is 0 Å². The minimum absolute atomic E-state index is 0.0600. The summed E-state index contributed by atoms with van der Waals surface area (Å²) in [5.74, 6) is -0.125. The second-order valence-electron chi connectivity index (χ2n) is 5.85. The molecule has 2 rings (SSSR count). The maximum absolute atomic E-state index is 12.0. The van der Waals surface area contributed by atoms with Crippen molar-refractivity contribution in [1.82, 2.24) is 0 Å². The fourth-order valence-corrected chi connectivity index (χ4v) is 2.32. The number of benzene rings is 2. The summed E-state index contributed by atoms with van der Waals surface area (Å²) in [6.45, 7) is 3.73. The molecular weight excluding hydrogens is 358 g/mol. The van der Waals surface area contributed by atoms with Gasteiger partial charge in [-0.2, -0.15) is 0 Å². The van der Waals surface area contributed by atoms with Crippen molar-refractivity contribution in [3.8, 4) is 5.75 Å². The highest BCUT2D eigenvalue weighted by Crippen LogP contribution is 2.14. The summed E-state index contributed by atoms with van der Waals surface area (Å²) in [7, 11) is 0. The van der Waals surface area contributed by atoms with Crippen LogP contribution in [-0.2, 0) is 14.3 Å². The Morgan fingerprint density at radius 3 is 2.25 bits per heavy atom. The number of hydrogen-bond acceptors (Lipinski definition) is 5. The topological polar surface area (TPSA) is 81.7 Å². The molecule has 0 saturated carbocycles. The molecule has 28 heavy (non-hydrogen) atoms. The third-order valence-electron chi connectivity index (χ3n) is 3.76. The van der Waals surface area contributed by atoms with E-state index in [9.17, 15) is 14.4 Å². The normalized spacial score (nSPS) is 10.5. The summed E-state index contributed by atoms with van der Waals surface area (Å²) in [6, 6.07) is 13.7. The van der Waals surface area contributed by atoms with Crippen molar-refractivity contribution in [2.75, 3.05) is 18.5 Å². The van der Waals surface area contributed by atoms with Gasteiger partial charge >= 0.3 is 5.97 Å². The van der Waals surface area contributed by atoms with Gasteiger partial charge in [-0.05, 0) is 55.0 Å². The average Bonchev–Trinajstić information content (AvgIpc) is 2.72. The van der Waals surface area contributed by atoms with E-state index in [0.717, 1.165) is 5.56 Å². The molecule has 0 aromatic heterocycles. The predicted octanol–water partition coefficient (Wildman–Crippen LogP) is 3.87. The van der Waals surface area contributed by atoms with Gasteiger partial charge in [-0.1, -0.05) is 19.1 Å². The Kier molecular flexibility index (Phi) is 7.96. The molecule has 0 heterocycles. The average molecular weight is 381 g/mol. The van der Waals surface area contributed by atoms with Crippen LogP contribution < -0.4 is 10.1 Å². The van der Waals surface area contributed by atoms with Gasteiger partial charge in [0.1, 0.15) is 5.75 Å². The molecule has 2 aromatic rings. The lowest BCUT2D eigenvalue weighted by Gasteiger charge is -2.08. The van der Waals surface area contributed by atoms with Crippen molar-refractivity contribution >= 4 is 29.4 Å². The van der Waals surface area contributed by atoms with E-state index in [4.69, 9.17) is 9.47 Å². The quantitative estimate of drug-likeness (QED) is 0.405. The van der Waals surface area contributed by atoms with Crippen LogP contribution in [0.15, 0.2) is 54.6 Å². The fourth-order valence-electron chi connectivity index (χ4n) is 2.32. The van der Waals surface area contributed by atoms with Crippen LogP contribution in [0, 0.1) is 0 Å². The summed E-state index contributed by atoms with van der Waals surface area (Å²) < 4.78 is 10.2. The summed E-state index contributed by atoms with van der Waals surface area (Å²) in [6.07, 6.45) is 3.43. The Labute approximate surface area is 164 Å². The molecule has 0 aliphatic heterocycles. The molecular formula is C22H23NO5. The van der Waals surface area contributed by atoms with Crippen LogP contribution >= 0.6 is 0 Å². The Hall–Kier alpha value is -3.41. The molecule has 6 nitrogen and oxygen atoms in total.